The van der Waals surface area contributed by atoms with Crippen LogP contribution in [0.15, 0.2) is 12.2 Å². The van der Waals surface area contributed by atoms with Crippen molar-refractivity contribution in [2.45, 2.75) is 103 Å². The molecule has 0 unspecified atom stereocenters. The van der Waals surface area contributed by atoms with Crippen LogP contribution in [-0.2, 0) is 19.1 Å². The summed E-state index contributed by atoms with van der Waals surface area (Å²) in [5, 5.41) is 7.97. The Morgan fingerprint density at radius 1 is 0.812 bits per heavy atom. The van der Waals surface area contributed by atoms with Gasteiger partial charge in [-0.25, -0.2) is 0 Å². The van der Waals surface area contributed by atoms with Crippen molar-refractivity contribution in [3.05, 3.63) is 12.2 Å². The standard InChI is InChI=1S/C25H47N3O4/c1-4-17-22(18-5-2)28-23(29)21-32-20-16-14-12-10-8-6-7-9-11-13-15-19-27-25(31)24(30)26-3/h7,9,22H,4-6,8,10-21H2,1-3H3,(H,26,30)(H,27,31)(H,28,29)/b9-7-. The number of ether oxygens (including phenoxy) is 1. The van der Waals surface area contributed by atoms with Crippen LogP contribution >= 0.6 is 0 Å². The van der Waals surface area contributed by atoms with Gasteiger partial charge >= 0.3 is 11.8 Å². The largest absolute Gasteiger partial charge is 0.372 e. The van der Waals surface area contributed by atoms with E-state index in [0.717, 1.165) is 64.2 Å². The molecule has 0 saturated heterocycles. The Labute approximate surface area is 195 Å². The van der Waals surface area contributed by atoms with E-state index < -0.39 is 11.8 Å². The van der Waals surface area contributed by atoms with Gasteiger partial charge in [-0.05, 0) is 51.4 Å². The van der Waals surface area contributed by atoms with Crippen LogP contribution in [0.1, 0.15) is 97.3 Å². The van der Waals surface area contributed by atoms with Gasteiger partial charge < -0.3 is 20.7 Å². The molecule has 0 aromatic rings. The average molecular weight is 454 g/mol. The summed E-state index contributed by atoms with van der Waals surface area (Å²) in [5.41, 5.74) is 0. The van der Waals surface area contributed by atoms with Crippen LogP contribution in [0.5, 0.6) is 0 Å². The second-order valence-electron chi connectivity index (χ2n) is 8.25. The molecule has 0 radical (unpaired) electrons. The summed E-state index contributed by atoms with van der Waals surface area (Å²) in [6.45, 7) is 5.66. The number of carbonyl (C=O) groups is 3. The Hall–Kier alpha value is -1.89. The molecule has 3 N–H and O–H groups in total. The molecule has 0 aliphatic heterocycles. The Bertz CT molecular complexity index is 517. The monoisotopic (exact) mass is 453 g/mol. The van der Waals surface area contributed by atoms with E-state index in [2.05, 4.69) is 41.9 Å². The third kappa shape index (κ3) is 18.8. The third-order valence-corrected chi connectivity index (χ3v) is 5.22. The summed E-state index contributed by atoms with van der Waals surface area (Å²) in [4.78, 5) is 34.2. The lowest BCUT2D eigenvalue weighted by atomic mass is 10.1. The smallest absolute Gasteiger partial charge is 0.309 e. The van der Waals surface area contributed by atoms with Crippen LogP contribution in [0.25, 0.3) is 0 Å². The van der Waals surface area contributed by atoms with Gasteiger partial charge in [-0.1, -0.05) is 58.1 Å². The summed E-state index contributed by atoms with van der Waals surface area (Å²) >= 11 is 0. The molecule has 0 spiro atoms. The number of unbranched alkanes of at least 4 members (excludes halogenated alkanes) is 7. The van der Waals surface area contributed by atoms with Gasteiger partial charge in [0.25, 0.3) is 0 Å². The Balaban J connectivity index is 3.42. The summed E-state index contributed by atoms with van der Waals surface area (Å²) < 4.78 is 5.52. The molecule has 7 heteroatoms. The van der Waals surface area contributed by atoms with Crippen molar-refractivity contribution in [1.82, 2.24) is 16.0 Å². The molecule has 0 atom stereocenters. The topological polar surface area (TPSA) is 96.5 Å². The first kappa shape index (κ1) is 30.1. The molecule has 7 nitrogen and oxygen atoms in total. The zero-order valence-electron chi connectivity index (χ0n) is 20.7. The van der Waals surface area contributed by atoms with Gasteiger partial charge in [-0.3, -0.25) is 14.4 Å². The SMILES string of the molecule is CCCC(CCC)NC(=O)COCCCCCCC/C=C\CCCCNC(=O)C(=O)NC. The Kier molecular flexibility index (Phi) is 21.0. The normalized spacial score (nSPS) is 11.1. The van der Waals surface area contributed by atoms with E-state index in [1.165, 1.54) is 26.3 Å². The number of rotatable bonds is 20. The molecule has 0 rings (SSSR count). The van der Waals surface area contributed by atoms with Crippen LogP contribution < -0.4 is 16.0 Å². The molecule has 0 aromatic heterocycles. The molecule has 0 saturated carbocycles. The molecule has 0 aliphatic rings. The number of carbonyl (C=O) groups excluding carboxylic acids is 3. The predicted molar refractivity (Wildman–Crippen MR) is 130 cm³/mol. The minimum atomic E-state index is -0.594. The fourth-order valence-corrected chi connectivity index (χ4v) is 3.44. The van der Waals surface area contributed by atoms with E-state index >= 15 is 0 Å². The van der Waals surface area contributed by atoms with Crippen LogP contribution in [0, 0.1) is 0 Å². The fourth-order valence-electron chi connectivity index (χ4n) is 3.44. The maximum atomic E-state index is 11.9. The zero-order valence-corrected chi connectivity index (χ0v) is 20.7. The summed E-state index contributed by atoms with van der Waals surface area (Å²) in [7, 11) is 1.45. The van der Waals surface area contributed by atoms with Gasteiger partial charge in [-0.2, -0.15) is 0 Å². The fraction of sp³-hybridized carbons (Fsp3) is 0.800. The van der Waals surface area contributed by atoms with Crippen LogP contribution in [-0.4, -0.2) is 50.6 Å². The maximum absolute atomic E-state index is 11.9. The molecule has 186 valence electrons. The summed E-state index contributed by atoms with van der Waals surface area (Å²) in [5.74, 6) is -1.15. The van der Waals surface area contributed by atoms with Crippen molar-refractivity contribution in [2.24, 2.45) is 0 Å². The van der Waals surface area contributed by atoms with E-state index in [-0.39, 0.29) is 18.6 Å². The van der Waals surface area contributed by atoms with Gasteiger partial charge in [0.05, 0.1) is 0 Å². The van der Waals surface area contributed by atoms with E-state index in [4.69, 9.17) is 4.74 Å². The lowest BCUT2D eigenvalue weighted by molar-refractivity contribution is -0.138. The van der Waals surface area contributed by atoms with Gasteiger partial charge in [0.2, 0.25) is 5.91 Å². The van der Waals surface area contributed by atoms with Gasteiger partial charge in [0.1, 0.15) is 6.61 Å². The number of nitrogens with one attached hydrogen (secondary N) is 3. The first-order valence-corrected chi connectivity index (χ1v) is 12.6. The molecule has 0 aliphatic carbocycles. The molecule has 0 heterocycles. The minimum Gasteiger partial charge on any atom is -0.372 e. The number of likely N-dealkylation sites (N-methyl/N-ethyl adjacent to an activating group) is 1. The van der Waals surface area contributed by atoms with Crippen LogP contribution in [0.2, 0.25) is 0 Å². The highest BCUT2D eigenvalue weighted by Gasteiger charge is 2.10. The second kappa shape index (κ2) is 22.3. The molecule has 32 heavy (non-hydrogen) atoms. The quantitative estimate of drug-likeness (QED) is 0.147. The van der Waals surface area contributed by atoms with E-state index in [1.807, 2.05) is 0 Å². The zero-order chi connectivity index (χ0) is 23.9. The van der Waals surface area contributed by atoms with E-state index in [0.29, 0.717) is 13.2 Å². The Morgan fingerprint density at radius 3 is 2.03 bits per heavy atom. The molecular formula is C25H47N3O4. The second-order valence-corrected chi connectivity index (χ2v) is 8.25. The van der Waals surface area contributed by atoms with Crippen molar-refractivity contribution in [3.8, 4) is 0 Å². The number of allylic oxidation sites excluding steroid dienone is 2. The highest BCUT2D eigenvalue weighted by atomic mass is 16.5. The number of hydrogen-bond acceptors (Lipinski definition) is 4. The van der Waals surface area contributed by atoms with E-state index in [1.54, 1.807) is 0 Å². The van der Waals surface area contributed by atoms with Crippen molar-refractivity contribution < 1.29 is 19.1 Å². The summed E-state index contributed by atoms with van der Waals surface area (Å²) in [6.07, 6.45) is 18.4. The third-order valence-electron chi connectivity index (χ3n) is 5.22. The molecular weight excluding hydrogens is 406 g/mol. The first-order valence-electron chi connectivity index (χ1n) is 12.6. The van der Waals surface area contributed by atoms with Crippen molar-refractivity contribution in [2.75, 3.05) is 26.8 Å². The van der Waals surface area contributed by atoms with Gasteiger partial charge in [0.15, 0.2) is 0 Å². The molecule has 0 fully saturated rings. The number of hydrogen-bond donors (Lipinski definition) is 3. The van der Waals surface area contributed by atoms with Crippen molar-refractivity contribution in [1.29, 1.82) is 0 Å². The highest BCUT2D eigenvalue weighted by Crippen LogP contribution is 2.07. The predicted octanol–water partition coefficient (Wildman–Crippen LogP) is 4.02. The van der Waals surface area contributed by atoms with Crippen LogP contribution in [0.4, 0.5) is 0 Å². The van der Waals surface area contributed by atoms with Crippen LogP contribution in [0.3, 0.4) is 0 Å². The molecule has 3 amide bonds. The van der Waals surface area contributed by atoms with Gasteiger partial charge in [-0.15, -0.1) is 0 Å². The van der Waals surface area contributed by atoms with E-state index in [9.17, 15) is 14.4 Å². The minimum absolute atomic E-state index is 0.0114. The van der Waals surface area contributed by atoms with Crippen molar-refractivity contribution >= 4 is 17.7 Å². The first-order chi connectivity index (χ1) is 15.5. The Morgan fingerprint density at radius 2 is 1.41 bits per heavy atom. The molecule has 0 aromatic carbocycles. The lowest BCUT2D eigenvalue weighted by Crippen LogP contribution is -2.38. The lowest BCUT2D eigenvalue weighted by Gasteiger charge is -2.17. The number of amides is 3. The summed E-state index contributed by atoms with van der Waals surface area (Å²) in [6, 6.07) is 0.290. The average Bonchev–Trinajstić information content (AvgIpc) is 2.78. The van der Waals surface area contributed by atoms with Gasteiger partial charge in [0, 0.05) is 26.2 Å². The maximum Gasteiger partial charge on any atom is 0.309 e. The molecule has 0 bridgehead atoms. The highest BCUT2D eigenvalue weighted by molar-refractivity contribution is 6.34. The van der Waals surface area contributed by atoms with Crippen molar-refractivity contribution in [3.63, 3.8) is 0 Å².